The number of hydrogen-bond donors (Lipinski definition) is 0. The van der Waals surface area contributed by atoms with Gasteiger partial charge in [-0.1, -0.05) is 57.9 Å². The van der Waals surface area contributed by atoms with Crippen LogP contribution in [0.4, 0.5) is 0 Å². The number of rotatable bonds is 4. The Morgan fingerprint density at radius 2 is 1.81 bits per heavy atom. The van der Waals surface area contributed by atoms with Gasteiger partial charge in [-0.15, -0.1) is 0 Å². The Bertz CT molecular complexity index is 1310. The quantitative estimate of drug-likeness (QED) is 0.415. The van der Waals surface area contributed by atoms with E-state index in [2.05, 4.69) is 81.3 Å². The average molecular weight is 474 g/mol. The molecule has 4 aromatic rings. The SMILES string of the molecule is Cc1ccc(Cn2c(=O)c3c(c4cccnc42)CCN(Cc2cccc(Br)c2)C3)cc1. The van der Waals surface area contributed by atoms with Crippen LogP contribution in [0.5, 0.6) is 0 Å². The minimum Gasteiger partial charge on any atom is -0.294 e. The lowest BCUT2D eigenvalue weighted by Crippen LogP contribution is -2.37. The standard InChI is InChI=1S/C26H24BrN3O/c1-18-7-9-19(10-8-18)16-30-25-23(6-3-12-28-25)22-11-13-29(17-24(22)26(30)31)15-20-4-2-5-21(27)14-20/h2-10,12,14H,11,13,15-17H2,1H3. The van der Waals surface area contributed by atoms with E-state index in [0.29, 0.717) is 13.1 Å². The molecule has 3 heterocycles. The van der Waals surface area contributed by atoms with E-state index >= 15 is 0 Å². The number of benzene rings is 2. The zero-order valence-corrected chi connectivity index (χ0v) is 19.1. The van der Waals surface area contributed by atoms with E-state index < -0.39 is 0 Å². The molecule has 0 bridgehead atoms. The topological polar surface area (TPSA) is 38.1 Å². The third-order valence-corrected chi connectivity index (χ3v) is 6.54. The van der Waals surface area contributed by atoms with E-state index in [0.717, 1.165) is 46.1 Å². The zero-order chi connectivity index (χ0) is 21.4. The van der Waals surface area contributed by atoms with Crippen LogP contribution < -0.4 is 5.56 Å². The lowest BCUT2D eigenvalue weighted by molar-refractivity contribution is 0.244. The molecule has 156 valence electrons. The molecular weight excluding hydrogens is 450 g/mol. The van der Waals surface area contributed by atoms with Crippen molar-refractivity contribution in [3.05, 3.63) is 110 Å². The highest BCUT2D eigenvalue weighted by Crippen LogP contribution is 2.26. The van der Waals surface area contributed by atoms with Crippen LogP contribution in [0.25, 0.3) is 11.0 Å². The third-order valence-electron chi connectivity index (χ3n) is 6.05. The fourth-order valence-corrected chi connectivity index (χ4v) is 4.92. The predicted octanol–water partition coefficient (Wildman–Crippen LogP) is 5.07. The molecule has 4 nitrogen and oxygen atoms in total. The number of nitrogens with zero attached hydrogens (tertiary/aromatic N) is 3. The van der Waals surface area contributed by atoms with Gasteiger partial charge in [0, 0.05) is 41.3 Å². The Morgan fingerprint density at radius 1 is 0.968 bits per heavy atom. The van der Waals surface area contributed by atoms with E-state index in [1.54, 1.807) is 6.20 Å². The number of aromatic nitrogens is 2. The van der Waals surface area contributed by atoms with Gasteiger partial charge in [0.1, 0.15) is 5.65 Å². The van der Waals surface area contributed by atoms with Crippen LogP contribution in [-0.2, 0) is 26.1 Å². The van der Waals surface area contributed by atoms with Crippen LogP contribution in [0.2, 0.25) is 0 Å². The molecule has 0 spiro atoms. The van der Waals surface area contributed by atoms with Gasteiger partial charge in [0.25, 0.3) is 5.56 Å². The summed E-state index contributed by atoms with van der Waals surface area (Å²) in [6, 6.07) is 20.8. The van der Waals surface area contributed by atoms with Gasteiger partial charge in [0.05, 0.1) is 6.54 Å². The molecule has 2 aromatic heterocycles. The van der Waals surface area contributed by atoms with Gasteiger partial charge < -0.3 is 0 Å². The van der Waals surface area contributed by atoms with Crippen molar-refractivity contribution >= 4 is 27.0 Å². The third kappa shape index (κ3) is 4.08. The highest BCUT2D eigenvalue weighted by molar-refractivity contribution is 9.10. The van der Waals surface area contributed by atoms with E-state index in [1.165, 1.54) is 16.7 Å². The van der Waals surface area contributed by atoms with Crippen LogP contribution in [0.3, 0.4) is 0 Å². The Hall–Kier alpha value is -2.76. The van der Waals surface area contributed by atoms with E-state index in [4.69, 9.17) is 0 Å². The number of hydrogen-bond acceptors (Lipinski definition) is 3. The lowest BCUT2D eigenvalue weighted by Gasteiger charge is -2.30. The first-order valence-corrected chi connectivity index (χ1v) is 11.4. The van der Waals surface area contributed by atoms with Crippen molar-refractivity contribution in [3.8, 4) is 0 Å². The normalized spacial score (nSPS) is 14.0. The Labute approximate surface area is 190 Å². The summed E-state index contributed by atoms with van der Waals surface area (Å²) in [5, 5.41) is 1.10. The molecule has 0 radical (unpaired) electrons. The maximum absolute atomic E-state index is 13.6. The molecule has 0 aliphatic carbocycles. The summed E-state index contributed by atoms with van der Waals surface area (Å²) >= 11 is 3.56. The van der Waals surface area contributed by atoms with Gasteiger partial charge in [-0.3, -0.25) is 14.3 Å². The van der Waals surface area contributed by atoms with Gasteiger partial charge in [-0.2, -0.15) is 0 Å². The van der Waals surface area contributed by atoms with E-state index in [9.17, 15) is 4.79 Å². The first kappa shape index (κ1) is 20.2. The summed E-state index contributed by atoms with van der Waals surface area (Å²) in [6.07, 6.45) is 2.65. The van der Waals surface area contributed by atoms with E-state index in [-0.39, 0.29) is 5.56 Å². The van der Waals surface area contributed by atoms with Crippen LogP contribution in [0, 0.1) is 6.92 Å². The molecule has 0 saturated heterocycles. The second-order valence-electron chi connectivity index (χ2n) is 8.30. The largest absolute Gasteiger partial charge is 0.294 e. The average Bonchev–Trinajstić information content (AvgIpc) is 2.78. The molecular formula is C26H24BrN3O. The van der Waals surface area contributed by atoms with Crippen molar-refractivity contribution in [2.75, 3.05) is 6.54 Å². The smallest absolute Gasteiger partial charge is 0.257 e. The maximum atomic E-state index is 13.6. The van der Waals surface area contributed by atoms with Crippen LogP contribution in [-0.4, -0.2) is 21.0 Å². The van der Waals surface area contributed by atoms with Crippen molar-refractivity contribution in [2.24, 2.45) is 0 Å². The van der Waals surface area contributed by atoms with Crippen molar-refractivity contribution in [1.29, 1.82) is 0 Å². The summed E-state index contributed by atoms with van der Waals surface area (Å²) in [5.41, 5.74) is 6.52. The first-order valence-electron chi connectivity index (χ1n) is 10.6. The van der Waals surface area contributed by atoms with Crippen LogP contribution in [0.1, 0.15) is 27.8 Å². The van der Waals surface area contributed by atoms with Gasteiger partial charge in [-0.05, 0) is 54.3 Å². The fraction of sp³-hybridized carbons (Fsp3) is 0.231. The maximum Gasteiger partial charge on any atom is 0.257 e. The molecule has 0 fully saturated rings. The molecule has 0 saturated carbocycles. The predicted molar refractivity (Wildman–Crippen MR) is 128 cm³/mol. The van der Waals surface area contributed by atoms with Gasteiger partial charge in [-0.25, -0.2) is 4.98 Å². The molecule has 2 aromatic carbocycles. The van der Waals surface area contributed by atoms with Crippen molar-refractivity contribution in [2.45, 2.75) is 33.0 Å². The number of pyridine rings is 2. The highest BCUT2D eigenvalue weighted by Gasteiger charge is 2.24. The second-order valence-corrected chi connectivity index (χ2v) is 9.21. The summed E-state index contributed by atoms with van der Waals surface area (Å²) in [5.74, 6) is 0. The molecule has 5 rings (SSSR count). The number of aryl methyl sites for hydroxylation is 1. The molecule has 1 aliphatic rings. The van der Waals surface area contributed by atoms with Gasteiger partial charge in [0.2, 0.25) is 0 Å². The van der Waals surface area contributed by atoms with Crippen molar-refractivity contribution in [1.82, 2.24) is 14.5 Å². The van der Waals surface area contributed by atoms with Crippen molar-refractivity contribution in [3.63, 3.8) is 0 Å². The summed E-state index contributed by atoms with van der Waals surface area (Å²) in [7, 11) is 0. The second kappa shape index (κ2) is 8.40. The molecule has 0 unspecified atom stereocenters. The summed E-state index contributed by atoms with van der Waals surface area (Å²) in [4.78, 5) is 20.6. The number of halogens is 1. The molecule has 0 N–H and O–H groups in total. The number of fused-ring (bicyclic) bond motifs is 3. The summed E-state index contributed by atoms with van der Waals surface area (Å²) in [6.45, 7) is 5.04. The first-order chi connectivity index (χ1) is 15.1. The Balaban J connectivity index is 1.54. The molecule has 1 aliphatic heterocycles. The van der Waals surface area contributed by atoms with Crippen LogP contribution >= 0.6 is 15.9 Å². The molecule has 0 amide bonds. The Kier molecular flexibility index (Phi) is 5.47. The zero-order valence-electron chi connectivity index (χ0n) is 17.5. The highest BCUT2D eigenvalue weighted by atomic mass is 79.9. The summed E-state index contributed by atoms with van der Waals surface area (Å²) < 4.78 is 2.93. The monoisotopic (exact) mass is 473 g/mol. The Morgan fingerprint density at radius 3 is 2.61 bits per heavy atom. The minimum atomic E-state index is 0.0840. The van der Waals surface area contributed by atoms with Crippen molar-refractivity contribution < 1.29 is 0 Å². The molecule has 0 atom stereocenters. The van der Waals surface area contributed by atoms with Gasteiger partial charge >= 0.3 is 0 Å². The van der Waals surface area contributed by atoms with Gasteiger partial charge in [0.15, 0.2) is 0 Å². The van der Waals surface area contributed by atoms with Crippen LogP contribution in [0.15, 0.2) is 76.1 Å². The van der Waals surface area contributed by atoms with E-state index in [1.807, 2.05) is 16.7 Å². The molecule has 31 heavy (non-hydrogen) atoms. The lowest BCUT2D eigenvalue weighted by atomic mass is 9.97. The fourth-order valence-electron chi connectivity index (χ4n) is 4.47. The molecule has 5 heteroatoms. The minimum absolute atomic E-state index is 0.0840.